The highest BCUT2D eigenvalue weighted by molar-refractivity contribution is 5.97. The number of carbonyl (C=O) groups is 3. The molecule has 8 nitrogen and oxygen atoms in total. The number of rotatable bonds is 10. The minimum absolute atomic E-state index is 0.0709. The van der Waals surface area contributed by atoms with Crippen molar-refractivity contribution in [1.29, 1.82) is 0 Å². The van der Waals surface area contributed by atoms with Gasteiger partial charge in [0, 0.05) is 37.0 Å². The Morgan fingerprint density at radius 1 is 1.08 bits per heavy atom. The van der Waals surface area contributed by atoms with Gasteiger partial charge in [0.1, 0.15) is 17.6 Å². The van der Waals surface area contributed by atoms with Gasteiger partial charge in [0.2, 0.25) is 11.8 Å². The van der Waals surface area contributed by atoms with Gasteiger partial charge in [0.25, 0.3) is 5.91 Å². The van der Waals surface area contributed by atoms with Crippen molar-refractivity contribution in [1.82, 2.24) is 15.5 Å². The first-order chi connectivity index (χ1) is 17.4. The summed E-state index contributed by atoms with van der Waals surface area (Å²) in [6, 6.07) is 12.4. The number of morpholine rings is 1. The number of amides is 3. The van der Waals surface area contributed by atoms with Crippen LogP contribution in [0, 0.1) is 5.82 Å². The van der Waals surface area contributed by atoms with Crippen LogP contribution in [-0.2, 0) is 14.3 Å². The molecule has 9 heteroatoms. The fourth-order valence-electron chi connectivity index (χ4n) is 4.42. The smallest absolute Gasteiger partial charge is 0.251 e. The van der Waals surface area contributed by atoms with E-state index in [0.29, 0.717) is 45.1 Å². The molecule has 2 fully saturated rings. The average molecular weight is 498 g/mol. The van der Waals surface area contributed by atoms with E-state index in [-0.39, 0.29) is 29.8 Å². The zero-order chi connectivity index (χ0) is 25.5. The molecule has 2 aliphatic rings. The maximum atomic E-state index is 13.2. The van der Waals surface area contributed by atoms with Gasteiger partial charge in [0.15, 0.2) is 0 Å². The van der Waals surface area contributed by atoms with Crippen molar-refractivity contribution >= 4 is 17.7 Å². The standard InChI is InChI=1S/C27H32FN3O5/c1-35-21-11-7-18(8-12-21)22-17-24(22)29-25(32)4-2-3-23(27(34)31-13-15-36-16-14-31)30-26(33)19-5-9-20(28)10-6-19/h5-12,22-24H,2-4,13-17H2,1H3,(H,29,32)(H,30,33)/t22-,23?,24+/m0/s1. The summed E-state index contributed by atoms with van der Waals surface area (Å²) < 4.78 is 23.7. The normalized spacial score (nSPS) is 19.8. The first-order valence-electron chi connectivity index (χ1n) is 12.3. The topological polar surface area (TPSA) is 97.0 Å². The molecular weight excluding hydrogens is 465 g/mol. The van der Waals surface area contributed by atoms with Gasteiger partial charge in [-0.05, 0) is 61.2 Å². The van der Waals surface area contributed by atoms with Gasteiger partial charge in [-0.3, -0.25) is 14.4 Å². The molecule has 192 valence electrons. The minimum atomic E-state index is -0.776. The third-order valence-corrected chi connectivity index (χ3v) is 6.61. The molecular formula is C27H32FN3O5. The Morgan fingerprint density at radius 3 is 2.44 bits per heavy atom. The molecule has 4 rings (SSSR count). The lowest BCUT2D eigenvalue weighted by molar-refractivity contribution is -0.137. The van der Waals surface area contributed by atoms with Gasteiger partial charge < -0.3 is 25.0 Å². The number of carbonyl (C=O) groups excluding carboxylic acids is 3. The Balaban J connectivity index is 1.28. The molecule has 3 amide bonds. The highest BCUT2D eigenvalue weighted by atomic mass is 19.1. The van der Waals surface area contributed by atoms with E-state index in [0.717, 1.165) is 12.2 Å². The largest absolute Gasteiger partial charge is 0.497 e. The molecule has 3 atom stereocenters. The van der Waals surface area contributed by atoms with E-state index in [4.69, 9.17) is 9.47 Å². The fraction of sp³-hybridized carbons (Fsp3) is 0.444. The molecule has 0 bridgehead atoms. The van der Waals surface area contributed by atoms with Crippen molar-refractivity contribution in [3.63, 3.8) is 0 Å². The van der Waals surface area contributed by atoms with Crippen LogP contribution in [0.1, 0.15) is 47.5 Å². The summed E-state index contributed by atoms with van der Waals surface area (Å²) in [5.74, 6) is -0.0673. The van der Waals surface area contributed by atoms with Crippen LogP contribution in [0.25, 0.3) is 0 Å². The maximum Gasteiger partial charge on any atom is 0.251 e. The van der Waals surface area contributed by atoms with Gasteiger partial charge in [0.05, 0.1) is 20.3 Å². The Kier molecular flexibility index (Phi) is 8.53. The Hall–Kier alpha value is -3.46. The van der Waals surface area contributed by atoms with E-state index < -0.39 is 17.8 Å². The average Bonchev–Trinajstić information content (AvgIpc) is 3.67. The molecule has 2 aromatic carbocycles. The molecule has 0 radical (unpaired) electrons. The third kappa shape index (κ3) is 6.81. The van der Waals surface area contributed by atoms with E-state index in [1.165, 1.54) is 29.8 Å². The first kappa shape index (κ1) is 25.6. The van der Waals surface area contributed by atoms with Crippen LogP contribution in [0.15, 0.2) is 48.5 Å². The molecule has 1 aliphatic heterocycles. The van der Waals surface area contributed by atoms with Gasteiger partial charge in [-0.25, -0.2) is 4.39 Å². The molecule has 36 heavy (non-hydrogen) atoms. The number of nitrogens with zero attached hydrogens (tertiary/aromatic N) is 1. The number of nitrogens with one attached hydrogen (secondary N) is 2. The third-order valence-electron chi connectivity index (χ3n) is 6.61. The summed E-state index contributed by atoms with van der Waals surface area (Å²) in [5.41, 5.74) is 1.44. The molecule has 2 N–H and O–H groups in total. The minimum Gasteiger partial charge on any atom is -0.497 e. The quantitative estimate of drug-likeness (QED) is 0.526. The molecule has 0 aromatic heterocycles. The van der Waals surface area contributed by atoms with Gasteiger partial charge in [-0.1, -0.05) is 12.1 Å². The van der Waals surface area contributed by atoms with E-state index >= 15 is 0 Å². The Labute approximate surface area is 210 Å². The molecule has 1 saturated carbocycles. The van der Waals surface area contributed by atoms with Gasteiger partial charge in [-0.2, -0.15) is 0 Å². The van der Waals surface area contributed by atoms with Crippen molar-refractivity contribution in [2.75, 3.05) is 33.4 Å². The number of methoxy groups -OCH3 is 1. The van der Waals surface area contributed by atoms with E-state index in [9.17, 15) is 18.8 Å². The van der Waals surface area contributed by atoms with Crippen molar-refractivity contribution in [3.05, 3.63) is 65.5 Å². The van der Waals surface area contributed by atoms with Crippen molar-refractivity contribution in [2.45, 2.75) is 43.7 Å². The molecule has 2 aromatic rings. The van der Waals surface area contributed by atoms with Crippen LogP contribution >= 0.6 is 0 Å². The lowest BCUT2D eigenvalue weighted by Gasteiger charge is -2.30. The highest BCUT2D eigenvalue weighted by Crippen LogP contribution is 2.41. The summed E-state index contributed by atoms with van der Waals surface area (Å²) in [6.07, 6.45) is 1.91. The summed E-state index contributed by atoms with van der Waals surface area (Å²) in [5, 5.41) is 5.84. The fourth-order valence-corrected chi connectivity index (χ4v) is 4.42. The monoisotopic (exact) mass is 497 g/mol. The number of ether oxygens (including phenoxy) is 2. The van der Waals surface area contributed by atoms with Crippen molar-refractivity contribution in [3.8, 4) is 5.75 Å². The number of benzene rings is 2. The first-order valence-corrected chi connectivity index (χ1v) is 12.3. The lowest BCUT2D eigenvalue weighted by atomic mass is 10.1. The van der Waals surface area contributed by atoms with Crippen LogP contribution in [-0.4, -0.2) is 68.1 Å². The van der Waals surface area contributed by atoms with Crippen LogP contribution in [0.2, 0.25) is 0 Å². The second kappa shape index (κ2) is 12.0. The zero-order valence-electron chi connectivity index (χ0n) is 20.4. The van der Waals surface area contributed by atoms with Crippen LogP contribution in [0.5, 0.6) is 5.75 Å². The zero-order valence-corrected chi connectivity index (χ0v) is 20.4. The molecule has 1 heterocycles. The molecule has 1 saturated heterocycles. The predicted molar refractivity (Wildman–Crippen MR) is 131 cm³/mol. The van der Waals surface area contributed by atoms with Crippen LogP contribution < -0.4 is 15.4 Å². The Bertz CT molecular complexity index is 1050. The van der Waals surface area contributed by atoms with Crippen LogP contribution in [0.4, 0.5) is 4.39 Å². The van der Waals surface area contributed by atoms with Gasteiger partial charge in [-0.15, -0.1) is 0 Å². The molecule has 1 unspecified atom stereocenters. The number of hydrogen-bond donors (Lipinski definition) is 2. The van der Waals surface area contributed by atoms with E-state index in [2.05, 4.69) is 10.6 Å². The number of hydrogen-bond acceptors (Lipinski definition) is 5. The van der Waals surface area contributed by atoms with E-state index in [1.807, 2.05) is 24.3 Å². The Morgan fingerprint density at radius 2 is 1.78 bits per heavy atom. The second-order valence-corrected chi connectivity index (χ2v) is 9.15. The predicted octanol–water partition coefficient (Wildman–Crippen LogP) is 2.63. The maximum absolute atomic E-state index is 13.2. The van der Waals surface area contributed by atoms with Crippen molar-refractivity contribution in [2.24, 2.45) is 0 Å². The van der Waals surface area contributed by atoms with Gasteiger partial charge >= 0.3 is 0 Å². The van der Waals surface area contributed by atoms with E-state index in [1.54, 1.807) is 12.0 Å². The summed E-state index contributed by atoms with van der Waals surface area (Å²) in [6.45, 7) is 1.81. The SMILES string of the molecule is COc1ccc([C@@H]2C[C@H]2NC(=O)CCCC(NC(=O)c2ccc(F)cc2)C(=O)N2CCOCC2)cc1. The number of halogens is 1. The van der Waals surface area contributed by atoms with Crippen molar-refractivity contribution < 1.29 is 28.2 Å². The second-order valence-electron chi connectivity index (χ2n) is 9.15. The highest BCUT2D eigenvalue weighted by Gasteiger charge is 2.39. The van der Waals surface area contributed by atoms with Crippen LogP contribution in [0.3, 0.4) is 0 Å². The summed E-state index contributed by atoms with van der Waals surface area (Å²) >= 11 is 0. The summed E-state index contributed by atoms with van der Waals surface area (Å²) in [4.78, 5) is 40.0. The summed E-state index contributed by atoms with van der Waals surface area (Å²) in [7, 11) is 1.63. The molecule has 0 spiro atoms. The molecule has 1 aliphatic carbocycles. The lowest BCUT2D eigenvalue weighted by Crippen LogP contribution is -2.51.